The molecule has 1 aliphatic rings. The van der Waals surface area contributed by atoms with E-state index >= 15 is 0 Å². The Kier molecular flexibility index (Phi) is 5.19. The fraction of sp³-hybridized carbons (Fsp3) is 0.571. The SMILES string of the molecule is CN1CCC(N(CCO)C(=O)c2ccnc(F)c2F)CC1. The number of aliphatic hydroxyl groups is 1. The van der Waals surface area contributed by atoms with Crippen molar-refractivity contribution in [2.45, 2.75) is 18.9 Å². The number of carbonyl (C=O) groups excluding carboxylic acids is 1. The van der Waals surface area contributed by atoms with Gasteiger partial charge in [-0.15, -0.1) is 0 Å². The van der Waals surface area contributed by atoms with Crippen molar-refractivity contribution in [2.75, 3.05) is 33.3 Å². The number of nitrogens with zero attached hydrogens (tertiary/aromatic N) is 3. The summed E-state index contributed by atoms with van der Waals surface area (Å²) >= 11 is 0. The van der Waals surface area contributed by atoms with Crippen molar-refractivity contribution in [1.29, 1.82) is 0 Å². The minimum atomic E-state index is -1.28. The molecule has 1 aromatic heterocycles. The van der Waals surface area contributed by atoms with Crippen LogP contribution in [0.5, 0.6) is 0 Å². The summed E-state index contributed by atoms with van der Waals surface area (Å²) in [6.45, 7) is 1.55. The number of aromatic nitrogens is 1. The Labute approximate surface area is 122 Å². The summed E-state index contributed by atoms with van der Waals surface area (Å²) in [6, 6.07) is 1.09. The number of aliphatic hydroxyl groups excluding tert-OH is 1. The monoisotopic (exact) mass is 299 g/mol. The molecule has 2 rings (SSSR count). The second-order valence-corrected chi connectivity index (χ2v) is 5.22. The molecule has 0 aliphatic carbocycles. The van der Waals surface area contributed by atoms with Gasteiger partial charge in [-0.25, -0.2) is 9.37 Å². The van der Waals surface area contributed by atoms with E-state index in [1.165, 1.54) is 11.0 Å². The maximum atomic E-state index is 13.7. The molecule has 0 spiro atoms. The highest BCUT2D eigenvalue weighted by molar-refractivity contribution is 5.94. The number of likely N-dealkylation sites (tertiary alicyclic amines) is 1. The van der Waals surface area contributed by atoms with Crippen molar-refractivity contribution in [3.05, 3.63) is 29.6 Å². The molecule has 1 aliphatic heterocycles. The quantitative estimate of drug-likeness (QED) is 0.839. The summed E-state index contributed by atoms with van der Waals surface area (Å²) in [5.41, 5.74) is -0.338. The molecular weight excluding hydrogens is 280 g/mol. The Bertz CT molecular complexity index is 505. The van der Waals surface area contributed by atoms with E-state index in [0.717, 1.165) is 32.1 Å². The van der Waals surface area contributed by atoms with Crippen LogP contribution < -0.4 is 0 Å². The Morgan fingerprint density at radius 2 is 2.14 bits per heavy atom. The zero-order chi connectivity index (χ0) is 15.4. The van der Waals surface area contributed by atoms with Crippen LogP contribution in [0.15, 0.2) is 12.3 Å². The average molecular weight is 299 g/mol. The highest BCUT2D eigenvalue weighted by Crippen LogP contribution is 2.19. The van der Waals surface area contributed by atoms with Crippen molar-refractivity contribution >= 4 is 5.91 Å². The van der Waals surface area contributed by atoms with Crippen LogP contribution in [0.4, 0.5) is 8.78 Å². The van der Waals surface area contributed by atoms with E-state index in [2.05, 4.69) is 9.88 Å². The van der Waals surface area contributed by atoms with Crippen LogP contribution in [0, 0.1) is 11.8 Å². The maximum Gasteiger partial charge on any atom is 0.257 e. The van der Waals surface area contributed by atoms with Gasteiger partial charge in [0.15, 0.2) is 5.82 Å². The van der Waals surface area contributed by atoms with Gasteiger partial charge in [0.1, 0.15) is 0 Å². The lowest BCUT2D eigenvalue weighted by molar-refractivity contribution is 0.0534. The number of pyridine rings is 1. The molecule has 1 aromatic rings. The summed E-state index contributed by atoms with van der Waals surface area (Å²) in [6.07, 6.45) is 2.56. The smallest absolute Gasteiger partial charge is 0.257 e. The van der Waals surface area contributed by atoms with Gasteiger partial charge in [-0.05, 0) is 39.0 Å². The van der Waals surface area contributed by atoms with Crippen molar-refractivity contribution in [1.82, 2.24) is 14.8 Å². The second kappa shape index (κ2) is 6.91. The molecule has 0 saturated carbocycles. The number of amides is 1. The van der Waals surface area contributed by atoms with Crippen LogP contribution in [0.25, 0.3) is 0 Å². The van der Waals surface area contributed by atoms with Gasteiger partial charge in [0.25, 0.3) is 5.91 Å². The van der Waals surface area contributed by atoms with Gasteiger partial charge in [0, 0.05) is 18.8 Å². The molecule has 0 bridgehead atoms. The summed E-state index contributed by atoms with van der Waals surface area (Å²) in [4.78, 5) is 19.2. The number of rotatable bonds is 4. The molecule has 2 heterocycles. The molecule has 0 radical (unpaired) electrons. The van der Waals surface area contributed by atoms with E-state index in [-0.39, 0.29) is 24.8 Å². The molecular formula is C14H19F2N3O2. The van der Waals surface area contributed by atoms with E-state index in [9.17, 15) is 13.6 Å². The first kappa shape index (κ1) is 15.8. The van der Waals surface area contributed by atoms with Gasteiger partial charge in [-0.2, -0.15) is 4.39 Å². The summed E-state index contributed by atoms with van der Waals surface area (Å²) < 4.78 is 26.9. The largest absolute Gasteiger partial charge is 0.395 e. The van der Waals surface area contributed by atoms with Gasteiger partial charge < -0.3 is 14.9 Å². The molecule has 0 aromatic carbocycles. The van der Waals surface area contributed by atoms with Crippen LogP contribution in [-0.4, -0.2) is 65.1 Å². The number of carbonyl (C=O) groups is 1. The fourth-order valence-corrected chi connectivity index (χ4v) is 2.60. The van der Waals surface area contributed by atoms with E-state index in [0.29, 0.717) is 0 Å². The zero-order valence-corrected chi connectivity index (χ0v) is 11.9. The number of hydrogen-bond acceptors (Lipinski definition) is 4. The van der Waals surface area contributed by atoms with Crippen LogP contribution >= 0.6 is 0 Å². The van der Waals surface area contributed by atoms with Crippen molar-refractivity contribution in [2.24, 2.45) is 0 Å². The second-order valence-electron chi connectivity index (χ2n) is 5.22. The van der Waals surface area contributed by atoms with Gasteiger partial charge in [-0.1, -0.05) is 0 Å². The highest BCUT2D eigenvalue weighted by Gasteiger charge is 2.29. The summed E-state index contributed by atoms with van der Waals surface area (Å²) in [7, 11) is 1.99. The Morgan fingerprint density at radius 1 is 1.48 bits per heavy atom. The zero-order valence-electron chi connectivity index (χ0n) is 11.9. The number of halogens is 2. The summed E-state index contributed by atoms with van der Waals surface area (Å²) in [5, 5.41) is 9.15. The minimum Gasteiger partial charge on any atom is -0.395 e. The molecule has 1 fully saturated rings. The lowest BCUT2D eigenvalue weighted by Crippen LogP contribution is -2.47. The van der Waals surface area contributed by atoms with E-state index in [1.807, 2.05) is 7.05 Å². The van der Waals surface area contributed by atoms with Gasteiger partial charge in [0.05, 0.1) is 12.2 Å². The Balaban J connectivity index is 2.21. The molecule has 1 amide bonds. The normalized spacial score (nSPS) is 17.0. The predicted octanol–water partition coefficient (Wildman–Crippen LogP) is 0.888. The lowest BCUT2D eigenvalue weighted by Gasteiger charge is -2.37. The van der Waals surface area contributed by atoms with Gasteiger partial charge >= 0.3 is 0 Å². The Morgan fingerprint density at radius 3 is 2.76 bits per heavy atom. The van der Waals surface area contributed by atoms with Crippen molar-refractivity contribution < 1.29 is 18.7 Å². The maximum absolute atomic E-state index is 13.7. The first-order valence-corrected chi connectivity index (χ1v) is 6.95. The van der Waals surface area contributed by atoms with E-state index < -0.39 is 17.7 Å². The van der Waals surface area contributed by atoms with E-state index in [4.69, 9.17) is 5.11 Å². The summed E-state index contributed by atoms with van der Waals surface area (Å²) in [5.74, 6) is -3.12. The van der Waals surface area contributed by atoms with Crippen LogP contribution in [0.2, 0.25) is 0 Å². The molecule has 7 heteroatoms. The molecule has 1 N–H and O–H groups in total. The third-order valence-corrected chi connectivity index (χ3v) is 3.81. The molecule has 0 unspecified atom stereocenters. The minimum absolute atomic E-state index is 0.0727. The van der Waals surface area contributed by atoms with Crippen LogP contribution in [0.1, 0.15) is 23.2 Å². The topological polar surface area (TPSA) is 56.7 Å². The van der Waals surface area contributed by atoms with Crippen LogP contribution in [0.3, 0.4) is 0 Å². The first-order valence-electron chi connectivity index (χ1n) is 6.95. The third kappa shape index (κ3) is 3.54. The number of piperidine rings is 1. The predicted molar refractivity (Wildman–Crippen MR) is 72.8 cm³/mol. The fourth-order valence-electron chi connectivity index (χ4n) is 2.60. The average Bonchev–Trinajstić information content (AvgIpc) is 2.48. The van der Waals surface area contributed by atoms with E-state index in [1.54, 1.807) is 0 Å². The standard InChI is InChI=1S/C14H19F2N3O2/c1-18-6-3-10(4-7-18)19(8-9-20)14(21)11-2-5-17-13(16)12(11)15/h2,5,10,20H,3-4,6-9H2,1H3. The molecule has 1 saturated heterocycles. The molecule has 5 nitrogen and oxygen atoms in total. The van der Waals surface area contributed by atoms with Gasteiger partial charge in [0.2, 0.25) is 5.95 Å². The third-order valence-electron chi connectivity index (χ3n) is 3.81. The van der Waals surface area contributed by atoms with Crippen LogP contribution in [-0.2, 0) is 0 Å². The molecule has 116 valence electrons. The highest BCUT2D eigenvalue weighted by atomic mass is 19.2. The Hall–Kier alpha value is -1.60. The van der Waals surface area contributed by atoms with Crippen molar-refractivity contribution in [3.8, 4) is 0 Å². The first-order chi connectivity index (χ1) is 10.0. The lowest BCUT2D eigenvalue weighted by atomic mass is 10.0. The molecule has 0 atom stereocenters. The number of hydrogen-bond donors (Lipinski definition) is 1. The molecule has 21 heavy (non-hydrogen) atoms. The van der Waals surface area contributed by atoms with Crippen molar-refractivity contribution in [3.63, 3.8) is 0 Å². The van der Waals surface area contributed by atoms with Gasteiger partial charge in [-0.3, -0.25) is 4.79 Å².